The number of carbonyl (C=O) groups is 3. The monoisotopic (exact) mass is 366 g/mol. The second-order valence-corrected chi connectivity index (χ2v) is 6.12. The van der Waals surface area contributed by atoms with Crippen LogP contribution in [-0.4, -0.2) is 53.8 Å². The summed E-state index contributed by atoms with van der Waals surface area (Å²) in [4.78, 5) is 35.9. The zero-order chi connectivity index (χ0) is 19.1. The van der Waals surface area contributed by atoms with Crippen LogP contribution in [0.2, 0.25) is 0 Å². The van der Waals surface area contributed by atoms with Crippen molar-refractivity contribution >= 4 is 23.5 Å². The van der Waals surface area contributed by atoms with Gasteiger partial charge in [-0.3, -0.25) is 19.7 Å². The lowest BCUT2D eigenvalue weighted by atomic mass is 10.1. The third-order valence-corrected chi connectivity index (χ3v) is 3.98. The maximum Gasteiger partial charge on any atom is 0.314 e. The number of aryl methyl sites for hydroxylation is 1. The first-order valence-corrected chi connectivity index (χ1v) is 8.64. The summed E-state index contributed by atoms with van der Waals surface area (Å²) in [6, 6.07) is 1.66. The van der Waals surface area contributed by atoms with Gasteiger partial charge in [-0.05, 0) is 19.8 Å². The fourth-order valence-electron chi connectivity index (χ4n) is 2.63. The Balaban J connectivity index is 2.03. The molecule has 0 radical (unpaired) electrons. The summed E-state index contributed by atoms with van der Waals surface area (Å²) in [6.45, 7) is 4.59. The van der Waals surface area contributed by atoms with Crippen LogP contribution in [-0.2, 0) is 19.1 Å². The van der Waals surface area contributed by atoms with E-state index >= 15 is 0 Å². The van der Waals surface area contributed by atoms with Gasteiger partial charge in [0.15, 0.2) is 6.29 Å². The maximum absolute atomic E-state index is 12.1. The molecule has 1 aromatic rings. The molecular weight excluding hydrogens is 340 g/mol. The van der Waals surface area contributed by atoms with Crippen LogP contribution in [0.25, 0.3) is 0 Å². The number of ether oxygens (including phenoxy) is 1. The standard InChI is InChI=1S/C16H26N6O4/c1-4-11-9-13(23)20-16(18-11)22-12(8-10(2)21-22)19-15(25)14(24)17-6-5-7-26-3/h8,11,16,18H,4-7,9H2,1-3H3,(H,17,24)(H,19,25)(H,20,23). The second kappa shape index (κ2) is 9.30. The molecule has 144 valence electrons. The van der Waals surface area contributed by atoms with Crippen molar-refractivity contribution in [3.63, 3.8) is 0 Å². The molecule has 26 heavy (non-hydrogen) atoms. The highest BCUT2D eigenvalue weighted by molar-refractivity contribution is 6.39. The first-order chi connectivity index (χ1) is 12.4. The first-order valence-electron chi connectivity index (χ1n) is 8.64. The number of anilines is 1. The summed E-state index contributed by atoms with van der Waals surface area (Å²) >= 11 is 0. The summed E-state index contributed by atoms with van der Waals surface area (Å²) < 4.78 is 6.35. The van der Waals surface area contributed by atoms with Gasteiger partial charge in [0.1, 0.15) is 5.82 Å². The molecule has 2 atom stereocenters. The highest BCUT2D eigenvalue weighted by atomic mass is 16.5. The molecule has 10 heteroatoms. The molecular formula is C16H26N6O4. The smallest absolute Gasteiger partial charge is 0.314 e. The summed E-state index contributed by atoms with van der Waals surface area (Å²) in [5.41, 5.74) is 0.649. The molecule has 3 amide bonds. The van der Waals surface area contributed by atoms with Crippen molar-refractivity contribution in [3.05, 3.63) is 11.8 Å². The topological polar surface area (TPSA) is 126 Å². The Hall–Kier alpha value is -2.46. The van der Waals surface area contributed by atoms with Crippen molar-refractivity contribution in [1.82, 2.24) is 25.7 Å². The van der Waals surface area contributed by atoms with E-state index in [2.05, 4.69) is 26.4 Å². The zero-order valence-corrected chi connectivity index (χ0v) is 15.3. The molecule has 0 spiro atoms. The lowest BCUT2D eigenvalue weighted by Crippen LogP contribution is -2.53. The molecule has 2 rings (SSSR count). The van der Waals surface area contributed by atoms with E-state index in [1.807, 2.05) is 6.92 Å². The third kappa shape index (κ3) is 5.27. The highest BCUT2D eigenvalue weighted by Crippen LogP contribution is 2.18. The van der Waals surface area contributed by atoms with E-state index in [1.54, 1.807) is 20.1 Å². The molecule has 1 aromatic heterocycles. The molecule has 10 nitrogen and oxygen atoms in total. The van der Waals surface area contributed by atoms with Crippen molar-refractivity contribution in [1.29, 1.82) is 0 Å². The average Bonchev–Trinajstić information content (AvgIpc) is 2.98. The molecule has 0 saturated carbocycles. The fraction of sp³-hybridized carbons (Fsp3) is 0.625. The van der Waals surface area contributed by atoms with Gasteiger partial charge in [-0.25, -0.2) is 4.68 Å². The number of carbonyl (C=O) groups excluding carboxylic acids is 3. The summed E-state index contributed by atoms with van der Waals surface area (Å²) in [7, 11) is 1.57. The molecule has 1 aliphatic heterocycles. The lowest BCUT2D eigenvalue weighted by Gasteiger charge is -2.31. The van der Waals surface area contributed by atoms with E-state index in [1.165, 1.54) is 4.68 Å². The van der Waals surface area contributed by atoms with Crippen LogP contribution in [0.1, 0.15) is 38.2 Å². The number of hydrogen-bond donors (Lipinski definition) is 4. The van der Waals surface area contributed by atoms with Crippen LogP contribution >= 0.6 is 0 Å². The minimum absolute atomic E-state index is 0.0193. The van der Waals surface area contributed by atoms with E-state index in [4.69, 9.17) is 4.74 Å². The van der Waals surface area contributed by atoms with E-state index in [-0.39, 0.29) is 11.9 Å². The molecule has 1 saturated heterocycles. The van der Waals surface area contributed by atoms with Crippen molar-refractivity contribution in [2.24, 2.45) is 0 Å². The maximum atomic E-state index is 12.1. The summed E-state index contributed by atoms with van der Waals surface area (Å²) in [5, 5.41) is 15.4. The summed E-state index contributed by atoms with van der Waals surface area (Å²) in [6.07, 6.45) is 1.20. The van der Waals surface area contributed by atoms with Crippen LogP contribution in [0.3, 0.4) is 0 Å². The number of amides is 3. The van der Waals surface area contributed by atoms with Crippen molar-refractivity contribution in [2.75, 3.05) is 25.6 Å². The number of aromatic nitrogens is 2. The summed E-state index contributed by atoms with van der Waals surface area (Å²) in [5.74, 6) is -1.30. The van der Waals surface area contributed by atoms with E-state index in [0.717, 1.165) is 6.42 Å². The molecule has 0 bridgehead atoms. The van der Waals surface area contributed by atoms with Crippen LogP contribution in [0, 0.1) is 6.92 Å². The van der Waals surface area contributed by atoms with E-state index in [0.29, 0.717) is 37.5 Å². The Kier molecular flexibility index (Phi) is 7.10. The molecule has 2 unspecified atom stereocenters. The zero-order valence-electron chi connectivity index (χ0n) is 15.3. The predicted molar refractivity (Wildman–Crippen MR) is 94.1 cm³/mol. The number of rotatable bonds is 7. The minimum atomic E-state index is -0.794. The van der Waals surface area contributed by atoms with Gasteiger partial charge in [0.2, 0.25) is 5.91 Å². The Morgan fingerprint density at radius 1 is 1.42 bits per heavy atom. The van der Waals surface area contributed by atoms with Crippen LogP contribution < -0.4 is 21.3 Å². The van der Waals surface area contributed by atoms with E-state index in [9.17, 15) is 14.4 Å². The lowest BCUT2D eigenvalue weighted by molar-refractivity contribution is -0.136. The number of nitrogens with one attached hydrogen (secondary N) is 4. The Labute approximate surface area is 152 Å². The van der Waals surface area contributed by atoms with Gasteiger partial charge >= 0.3 is 11.8 Å². The normalized spacial score (nSPS) is 19.7. The van der Waals surface area contributed by atoms with Crippen molar-refractivity contribution in [2.45, 2.75) is 45.4 Å². The van der Waals surface area contributed by atoms with Gasteiger partial charge in [-0.15, -0.1) is 0 Å². The van der Waals surface area contributed by atoms with E-state index < -0.39 is 18.1 Å². The van der Waals surface area contributed by atoms with Gasteiger partial charge < -0.3 is 20.7 Å². The number of nitrogens with zero attached hydrogens (tertiary/aromatic N) is 2. The minimum Gasteiger partial charge on any atom is -0.385 e. The number of hydrogen-bond acceptors (Lipinski definition) is 6. The van der Waals surface area contributed by atoms with Crippen LogP contribution in [0.5, 0.6) is 0 Å². The van der Waals surface area contributed by atoms with Gasteiger partial charge in [0.25, 0.3) is 0 Å². The molecule has 1 fully saturated rings. The fourth-order valence-corrected chi connectivity index (χ4v) is 2.63. The van der Waals surface area contributed by atoms with Gasteiger partial charge in [-0.2, -0.15) is 5.10 Å². The molecule has 2 heterocycles. The van der Waals surface area contributed by atoms with Gasteiger partial charge in [0.05, 0.1) is 5.69 Å². The first kappa shape index (κ1) is 19.9. The predicted octanol–water partition coefficient (Wildman–Crippen LogP) is -0.373. The second-order valence-electron chi connectivity index (χ2n) is 6.12. The van der Waals surface area contributed by atoms with Gasteiger partial charge in [0, 0.05) is 38.8 Å². The third-order valence-electron chi connectivity index (χ3n) is 3.98. The van der Waals surface area contributed by atoms with Crippen molar-refractivity contribution < 1.29 is 19.1 Å². The van der Waals surface area contributed by atoms with Crippen LogP contribution in [0.15, 0.2) is 6.07 Å². The molecule has 0 aliphatic carbocycles. The Morgan fingerprint density at radius 2 is 2.19 bits per heavy atom. The molecule has 4 N–H and O–H groups in total. The largest absolute Gasteiger partial charge is 0.385 e. The average molecular weight is 366 g/mol. The van der Waals surface area contributed by atoms with Gasteiger partial charge in [-0.1, -0.05) is 6.92 Å². The SMILES string of the molecule is CCC1CC(=O)NC(n2nc(C)cc2NC(=O)C(=O)NCCCOC)N1. The molecule has 1 aliphatic rings. The Bertz CT molecular complexity index is 659. The number of methoxy groups -OCH3 is 1. The van der Waals surface area contributed by atoms with Crippen LogP contribution in [0.4, 0.5) is 5.82 Å². The highest BCUT2D eigenvalue weighted by Gasteiger charge is 2.28. The Morgan fingerprint density at radius 3 is 2.88 bits per heavy atom. The quantitative estimate of drug-likeness (QED) is 0.385. The molecule has 0 aromatic carbocycles. The van der Waals surface area contributed by atoms with Crippen molar-refractivity contribution in [3.8, 4) is 0 Å².